The summed E-state index contributed by atoms with van der Waals surface area (Å²) in [6, 6.07) is 10.1. The van der Waals surface area contributed by atoms with Crippen LogP contribution in [-0.2, 0) is 16.1 Å². The summed E-state index contributed by atoms with van der Waals surface area (Å²) >= 11 is 0. The van der Waals surface area contributed by atoms with E-state index in [1.165, 1.54) is 10.5 Å². The van der Waals surface area contributed by atoms with Crippen LogP contribution in [0.15, 0.2) is 36.5 Å². The third-order valence-corrected chi connectivity index (χ3v) is 4.42. The number of rotatable bonds is 5. The zero-order valence-electron chi connectivity index (χ0n) is 13.8. The summed E-state index contributed by atoms with van der Waals surface area (Å²) in [6.07, 6.45) is 1.68. The van der Waals surface area contributed by atoms with Gasteiger partial charge in [-0.15, -0.1) is 0 Å². The Labute approximate surface area is 140 Å². The molecule has 126 valence electrons. The van der Waals surface area contributed by atoms with Gasteiger partial charge in [0.2, 0.25) is 5.91 Å². The predicted octanol–water partition coefficient (Wildman–Crippen LogP) is 2.49. The van der Waals surface area contributed by atoms with E-state index in [1.54, 1.807) is 16.9 Å². The number of carboxylic acid groups (broad SMARTS) is 1. The van der Waals surface area contributed by atoms with E-state index in [9.17, 15) is 9.59 Å². The molecule has 1 fully saturated rings. The Kier molecular flexibility index (Phi) is 4.38. The molecule has 0 aliphatic carbocycles. The van der Waals surface area contributed by atoms with Crippen LogP contribution in [0.25, 0.3) is 0 Å². The molecule has 1 unspecified atom stereocenters. The van der Waals surface area contributed by atoms with Crippen molar-refractivity contribution in [3.05, 3.63) is 47.7 Å². The van der Waals surface area contributed by atoms with Crippen LogP contribution in [0.4, 0.5) is 5.82 Å². The summed E-state index contributed by atoms with van der Waals surface area (Å²) in [5.41, 5.74) is 2.37. The van der Waals surface area contributed by atoms with Gasteiger partial charge in [0.05, 0.1) is 18.7 Å². The van der Waals surface area contributed by atoms with Crippen molar-refractivity contribution in [2.75, 3.05) is 11.4 Å². The average Bonchev–Trinajstić information content (AvgIpc) is 3.14. The minimum absolute atomic E-state index is 0.0452. The maximum absolute atomic E-state index is 12.1. The molecule has 2 aromatic rings. The Morgan fingerprint density at radius 3 is 2.58 bits per heavy atom. The first-order valence-corrected chi connectivity index (χ1v) is 8.09. The summed E-state index contributed by atoms with van der Waals surface area (Å²) in [5.74, 6) is -0.613. The molecular formula is C18H21N3O3. The lowest BCUT2D eigenvalue weighted by Gasteiger charge is -2.18. The van der Waals surface area contributed by atoms with Crippen LogP contribution in [0, 0.1) is 5.92 Å². The summed E-state index contributed by atoms with van der Waals surface area (Å²) in [6.45, 7) is 5.05. The zero-order valence-corrected chi connectivity index (χ0v) is 13.8. The van der Waals surface area contributed by atoms with E-state index in [-0.39, 0.29) is 18.9 Å². The topological polar surface area (TPSA) is 75.4 Å². The number of anilines is 1. The Morgan fingerprint density at radius 2 is 2.00 bits per heavy atom. The number of carbonyl (C=O) groups is 2. The van der Waals surface area contributed by atoms with E-state index in [0.29, 0.717) is 18.3 Å². The number of hydrogen-bond acceptors (Lipinski definition) is 3. The predicted molar refractivity (Wildman–Crippen MR) is 90.0 cm³/mol. The second-order valence-electron chi connectivity index (χ2n) is 6.49. The van der Waals surface area contributed by atoms with Gasteiger partial charge in [-0.2, -0.15) is 5.10 Å². The Balaban J connectivity index is 1.78. The first kappa shape index (κ1) is 16.2. The zero-order chi connectivity index (χ0) is 17.3. The third-order valence-electron chi connectivity index (χ3n) is 4.42. The van der Waals surface area contributed by atoms with E-state index in [1.807, 2.05) is 0 Å². The highest BCUT2D eigenvalue weighted by Crippen LogP contribution is 2.25. The number of aromatic nitrogens is 2. The lowest BCUT2D eigenvalue weighted by atomic mass is 10.0. The summed E-state index contributed by atoms with van der Waals surface area (Å²) < 4.78 is 1.74. The number of carboxylic acids is 1. The van der Waals surface area contributed by atoms with Crippen LogP contribution in [0.5, 0.6) is 0 Å². The van der Waals surface area contributed by atoms with Crippen molar-refractivity contribution in [1.82, 2.24) is 9.78 Å². The van der Waals surface area contributed by atoms with Gasteiger partial charge in [0, 0.05) is 19.0 Å². The molecule has 2 heterocycles. The number of carbonyl (C=O) groups excluding carboxylic acids is 1. The maximum Gasteiger partial charge on any atom is 0.308 e. The van der Waals surface area contributed by atoms with Crippen molar-refractivity contribution in [1.29, 1.82) is 0 Å². The van der Waals surface area contributed by atoms with Gasteiger partial charge in [-0.1, -0.05) is 38.1 Å². The van der Waals surface area contributed by atoms with Crippen molar-refractivity contribution in [3.8, 4) is 0 Å². The second-order valence-corrected chi connectivity index (χ2v) is 6.49. The van der Waals surface area contributed by atoms with Crippen molar-refractivity contribution in [2.24, 2.45) is 5.92 Å². The Hall–Kier alpha value is -2.63. The molecule has 1 aliphatic heterocycles. The second kappa shape index (κ2) is 6.47. The molecule has 1 aromatic carbocycles. The standard InChI is InChI=1S/C18H21N3O3/c1-12(2)14-5-3-13(4-6-14)10-21-16(7-8-19-21)20-11-15(18(23)24)9-17(20)22/h3-8,12,15H,9-11H2,1-2H3,(H,23,24). The fraction of sp³-hybridized carbons (Fsp3) is 0.389. The van der Waals surface area contributed by atoms with Gasteiger partial charge in [0.25, 0.3) is 0 Å². The van der Waals surface area contributed by atoms with Crippen LogP contribution >= 0.6 is 0 Å². The largest absolute Gasteiger partial charge is 0.481 e. The summed E-state index contributed by atoms with van der Waals surface area (Å²) in [7, 11) is 0. The van der Waals surface area contributed by atoms with Crippen LogP contribution in [0.2, 0.25) is 0 Å². The van der Waals surface area contributed by atoms with Crippen LogP contribution in [0.3, 0.4) is 0 Å². The van der Waals surface area contributed by atoms with E-state index >= 15 is 0 Å². The molecular weight excluding hydrogens is 306 g/mol. The molecule has 3 rings (SSSR count). The third kappa shape index (κ3) is 3.18. The maximum atomic E-state index is 12.1. The average molecular weight is 327 g/mol. The number of hydrogen-bond donors (Lipinski definition) is 1. The van der Waals surface area contributed by atoms with E-state index < -0.39 is 11.9 Å². The molecule has 0 bridgehead atoms. The van der Waals surface area contributed by atoms with Crippen molar-refractivity contribution in [2.45, 2.75) is 32.7 Å². The number of aliphatic carboxylic acids is 1. The molecule has 1 aliphatic rings. The lowest BCUT2D eigenvalue weighted by molar-refractivity contribution is -0.141. The van der Waals surface area contributed by atoms with Crippen LogP contribution in [-0.4, -0.2) is 33.3 Å². The van der Waals surface area contributed by atoms with E-state index in [0.717, 1.165) is 5.56 Å². The number of amides is 1. The van der Waals surface area contributed by atoms with Gasteiger partial charge in [0.15, 0.2) is 0 Å². The monoisotopic (exact) mass is 327 g/mol. The smallest absolute Gasteiger partial charge is 0.308 e. The van der Waals surface area contributed by atoms with Crippen molar-refractivity contribution < 1.29 is 14.7 Å². The highest BCUT2D eigenvalue weighted by Gasteiger charge is 2.36. The van der Waals surface area contributed by atoms with Gasteiger partial charge in [0.1, 0.15) is 5.82 Å². The molecule has 1 atom stereocenters. The molecule has 1 saturated heterocycles. The van der Waals surface area contributed by atoms with Crippen molar-refractivity contribution in [3.63, 3.8) is 0 Å². The van der Waals surface area contributed by atoms with E-state index in [2.05, 4.69) is 43.2 Å². The Bertz CT molecular complexity index is 749. The molecule has 0 radical (unpaired) electrons. The summed E-state index contributed by atoms with van der Waals surface area (Å²) in [4.78, 5) is 24.8. The molecule has 1 aromatic heterocycles. The molecule has 0 spiro atoms. The molecule has 24 heavy (non-hydrogen) atoms. The van der Waals surface area contributed by atoms with Gasteiger partial charge in [-0.05, 0) is 17.0 Å². The molecule has 6 heteroatoms. The Morgan fingerprint density at radius 1 is 1.29 bits per heavy atom. The first-order chi connectivity index (χ1) is 11.5. The number of nitrogens with zero attached hydrogens (tertiary/aromatic N) is 3. The van der Waals surface area contributed by atoms with Gasteiger partial charge < -0.3 is 5.11 Å². The van der Waals surface area contributed by atoms with Gasteiger partial charge in [-0.3, -0.25) is 14.5 Å². The SMILES string of the molecule is CC(C)c1ccc(Cn2nccc2N2CC(C(=O)O)CC2=O)cc1. The van der Waals surface area contributed by atoms with Gasteiger partial charge >= 0.3 is 5.97 Å². The first-order valence-electron chi connectivity index (χ1n) is 8.09. The van der Waals surface area contributed by atoms with E-state index in [4.69, 9.17) is 5.11 Å². The van der Waals surface area contributed by atoms with Gasteiger partial charge in [-0.25, -0.2) is 4.68 Å². The molecule has 0 saturated carbocycles. The fourth-order valence-electron chi connectivity index (χ4n) is 2.95. The van der Waals surface area contributed by atoms with Crippen LogP contribution in [0.1, 0.15) is 37.3 Å². The summed E-state index contributed by atoms with van der Waals surface area (Å²) in [5, 5.41) is 13.4. The van der Waals surface area contributed by atoms with Crippen molar-refractivity contribution >= 4 is 17.7 Å². The fourth-order valence-corrected chi connectivity index (χ4v) is 2.95. The quantitative estimate of drug-likeness (QED) is 0.915. The highest BCUT2D eigenvalue weighted by molar-refractivity contribution is 5.98. The molecule has 1 amide bonds. The highest BCUT2D eigenvalue weighted by atomic mass is 16.4. The molecule has 6 nitrogen and oxygen atoms in total. The minimum atomic E-state index is -0.929. The van der Waals surface area contributed by atoms with Crippen LogP contribution < -0.4 is 4.90 Å². The number of benzene rings is 1. The minimum Gasteiger partial charge on any atom is -0.481 e. The normalized spacial score (nSPS) is 17.7. The molecule has 1 N–H and O–H groups in total. The lowest BCUT2D eigenvalue weighted by Crippen LogP contribution is -2.28.